The van der Waals surface area contributed by atoms with E-state index in [2.05, 4.69) is 15.2 Å². The minimum absolute atomic E-state index is 0.432. The van der Waals surface area contributed by atoms with Gasteiger partial charge in [-0.2, -0.15) is 0 Å². The van der Waals surface area contributed by atoms with Crippen molar-refractivity contribution < 1.29 is 4.74 Å². The molecule has 4 nitrogen and oxygen atoms in total. The Kier molecular flexibility index (Phi) is 2.47. The SMILES string of the molecule is CC1(C)OC(C)(C)c2nc(-c3ccccc3)nnc21. The molecule has 0 amide bonds. The Balaban J connectivity index is 2.16. The molecule has 0 atom stereocenters. The summed E-state index contributed by atoms with van der Waals surface area (Å²) in [6.07, 6.45) is 0. The van der Waals surface area contributed by atoms with Crippen molar-refractivity contribution in [3.05, 3.63) is 41.7 Å². The van der Waals surface area contributed by atoms with Gasteiger partial charge in [-0.25, -0.2) is 4.98 Å². The van der Waals surface area contributed by atoms with E-state index in [1.54, 1.807) is 0 Å². The molecule has 0 aliphatic carbocycles. The highest BCUT2D eigenvalue weighted by atomic mass is 16.5. The fourth-order valence-corrected chi connectivity index (χ4v) is 2.60. The number of hydrogen-bond donors (Lipinski definition) is 0. The van der Waals surface area contributed by atoms with Crippen LogP contribution in [0.4, 0.5) is 0 Å². The molecule has 19 heavy (non-hydrogen) atoms. The van der Waals surface area contributed by atoms with E-state index in [-0.39, 0.29) is 0 Å². The Hall–Kier alpha value is -1.81. The van der Waals surface area contributed by atoms with Gasteiger partial charge in [-0.05, 0) is 27.7 Å². The van der Waals surface area contributed by atoms with Gasteiger partial charge in [0.05, 0.1) is 0 Å². The number of nitrogens with zero attached hydrogens (tertiary/aromatic N) is 3. The third-order valence-corrected chi connectivity index (χ3v) is 3.37. The summed E-state index contributed by atoms with van der Waals surface area (Å²) in [4.78, 5) is 4.67. The smallest absolute Gasteiger partial charge is 0.182 e. The van der Waals surface area contributed by atoms with Crippen molar-refractivity contribution in [2.24, 2.45) is 0 Å². The molecule has 0 unspecified atom stereocenters. The zero-order valence-corrected chi connectivity index (χ0v) is 11.6. The molecule has 0 spiro atoms. The van der Waals surface area contributed by atoms with Crippen LogP contribution in [-0.2, 0) is 15.9 Å². The highest BCUT2D eigenvalue weighted by Crippen LogP contribution is 2.44. The fourth-order valence-electron chi connectivity index (χ4n) is 2.60. The van der Waals surface area contributed by atoms with E-state index in [9.17, 15) is 0 Å². The third-order valence-electron chi connectivity index (χ3n) is 3.37. The second-order valence-electron chi connectivity index (χ2n) is 5.82. The lowest BCUT2D eigenvalue weighted by Crippen LogP contribution is -2.23. The molecule has 0 N–H and O–H groups in total. The van der Waals surface area contributed by atoms with Gasteiger partial charge >= 0.3 is 0 Å². The van der Waals surface area contributed by atoms with Crippen molar-refractivity contribution in [2.45, 2.75) is 38.9 Å². The standard InChI is InChI=1S/C15H17N3O/c1-14(2)11-12(15(3,4)19-14)17-18-13(16-11)10-8-6-5-7-9-10/h5-9H,1-4H3. The summed E-state index contributed by atoms with van der Waals surface area (Å²) in [5.41, 5.74) is 1.81. The predicted molar refractivity (Wildman–Crippen MR) is 72.4 cm³/mol. The van der Waals surface area contributed by atoms with E-state index < -0.39 is 11.2 Å². The van der Waals surface area contributed by atoms with Gasteiger partial charge in [0.15, 0.2) is 5.82 Å². The summed E-state index contributed by atoms with van der Waals surface area (Å²) in [7, 11) is 0. The molecule has 98 valence electrons. The van der Waals surface area contributed by atoms with Crippen molar-refractivity contribution in [3.63, 3.8) is 0 Å². The van der Waals surface area contributed by atoms with E-state index in [0.29, 0.717) is 5.82 Å². The zero-order valence-electron chi connectivity index (χ0n) is 11.6. The Bertz CT molecular complexity index is 621. The highest BCUT2D eigenvalue weighted by Gasteiger charge is 2.46. The van der Waals surface area contributed by atoms with Crippen LogP contribution in [0.2, 0.25) is 0 Å². The molecule has 2 heterocycles. The Morgan fingerprint density at radius 3 is 2.16 bits per heavy atom. The van der Waals surface area contributed by atoms with Gasteiger partial charge < -0.3 is 4.74 Å². The molecular weight excluding hydrogens is 238 g/mol. The maximum absolute atomic E-state index is 6.03. The predicted octanol–water partition coefficient (Wildman–Crippen LogP) is 3.04. The molecule has 4 heteroatoms. The quantitative estimate of drug-likeness (QED) is 0.785. The van der Waals surface area contributed by atoms with Crippen LogP contribution in [-0.4, -0.2) is 15.2 Å². The van der Waals surface area contributed by atoms with Gasteiger partial charge in [0, 0.05) is 5.56 Å². The first kappa shape index (κ1) is 12.2. The first-order chi connectivity index (χ1) is 8.90. The summed E-state index contributed by atoms with van der Waals surface area (Å²) in [6, 6.07) is 9.88. The van der Waals surface area contributed by atoms with Crippen molar-refractivity contribution in [1.82, 2.24) is 15.2 Å². The number of rotatable bonds is 1. The lowest BCUT2D eigenvalue weighted by atomic mass is 10.0. The Morgan fingerprint density at radius 1 is 0.842 bits per heavy atom. The first-order valence-corrected chi connectivity index (χ1v) is 6.41. The van der Waals surface area contributed by atoms with E-state index in [1.165, 1.54) is 0 Å². The molecule has 1 aromatic carbocycles. The minimum Gasteiger partial charge on any atom is -0.357 e. The summed E-state index contributed by atoms with van der Waals surface area (Å²) in [5.74, 6) is 0.647. The van der Waals surface area contributed by atoms with Gasteiger partial charge in [0.25, 0.3) is 0 Å². The number of ether oxygens (including phenoxy) is 1. The molecule has 1 aliphatic heterocycles. The number of fused-ring (bicyclic) bond motifs is 1. The summed E-state index contributed by atoms with van der Waals surface area (Å²) in [5, 5.41) is 8.59. The minimum atomic E-state index is -0.436. The lowest BCUT2D eigenvalue weighted by molar-refractivity contribution is -0.107. The zero-order chi connectivity index (χ0) is 13.7. The van der Waals surface area contributed by atoms with Crippen LogP contribution >= 0.6 is 0 Å². The van der Waals surface area contributed by atoms with Gasteiger partial charge in [-0.15, -0.1) is 10.2 Å². The van der Waals surface area contributed by atoms with Crippen LogP contribution in [0, 0.1) is 0 Å². The first-order valence-electron chi connectivity index (χ1n) is 6.41. The Labute approximate surface area is 112 Å². The topological polar surface area (TPSA) is 47.9 Å². The number of benzene rings is 1. The van der Waals surface area contributed by atoms with Gasteiger partial charge in [-0.1, -0.05) is 30.3 Å². The average Bonchev–Trinajstić information content (AvgIpc) is 2.56. The van der Waals surface area contributed by atoms with Gasteiger partial charge in [0.1, 0.15) is 22.6 Å². The molecule has 0 fully saturated rings. The monoisotopic (exact) mass is 255 g/mol. The average molecular weight is 255 g/mol. The number of hydrogen-bond acceptors (Lipinski definition) is 4. The summed E-state index contributed by atoms with van der Waals surface area (Å²) >= 11 is 0. The van der Waals surface area contributed by atoms with Crippen molar-refractivity contribution in [3.8, 4) is 11.4 Å². The lowest BCUT2D eigenvalue weighted by Gasteiger charge is -2.23. The van der Waals surface area contributed by atoms with Gasteiger partial charge in [0.2, 0.25) is 0 Å². The highest BCUT2D eigenvalue weighted by molar-refractivity contribution is 5.54. The second-order valence-corrected chi connectivity index (χ2v) is 5.82. The largest absolute Gasteiger partial charge is 0.357 e. The molecule has 3 rings (SSSR count). The van der Waals surface area contributed by atoms with E-state index >= 15 is 0 Å². The molecule has 0 bridgehead atoms. The van der Waals surface area contributed by atoms with Crippen LogP contribution in [0.25, 0.3) is 11.4 Å². The number of aromatic nitrogens is 3. The van der Waals surface area contributed by atoms with Crippen molar-refractivity contribution in [2.75, 3.05) is 0 Å². The summed E-state index contributed by atoms with van der Waals surface area (Å²) in [6.45, 7) is 8.03. The van der Waals surface area contributed by atoms with Crippen LogP contribution in [0.3, 0.4) is 0 Å². The summed E-state index contributed by atoms with van der Waals surface area (Å²) < 4.78 is 6.03. The molecular formula is C15H17N3O. The third kappa shape index (κ3) is 1.92. The maximum Gasteiger partial charge on any atom is 0.182 e. The van der Waals surface area contributed by atoms with Crippen LogP contribution in [0.1, 0.15) is 39.1 Å². The molecule has 1 aromatic heterocycles. The molecule has 0 saturated heterocycles. The second kappa shape index (κ2) is 3.84. The van der Waals surface area contributed by atoms with Crippen LogP contribution in [0.5, 0.6) is 0 Å². The van der Waals surface area contributed by atoms with Crippen molar-refractivity contribution >= 4 is 0 Å². The van der Waals surface area contributed by atoms with E-state index in [4.69, 9.17) is 4.74 Å². The molecule has 2 aromatic rings. The maximum atomic E-state index is 6.03. The fraction of sp³-hybridized carbons (Fsp3) is 0.400. The normalized spacial score (nSPS) is 19.2. The van der Waals surface area contributed by atoms with Crippen LogP contribution in [0.15, 0.2) is 30.3 Å². The van der Waals surface area contributed by atoms with E-state index in [1.807, 2.05) is 58.0 Å². The van der Waals surface area contributed by atoms with Gasteiger partial charge in [-0.3, -0.25) is 0 Å². The molecule has 1 aliphatic rings. The molecule has 0 saturated carbocycles. The van der Waals surface area contributed by atoms with Crippen LogP contribution < -0.4 is 0 Å². The van der Waals surface area contributed by atoms with E-state index in [0.717, 1.165) is 17.0 Å². The van der Waals surface area contributed by atoms with Crippen molar-refractivity contribution in [1.29, 1.82) is 0 Å². The Morgan fingerprint density at radius 2 is 1.47 bits per heavy atom. The molecule has 0 radical (unpaired) electrons.